The molecule has 0 unspecified atom stereocenters. The zero-order valence-electron chi connectivity index (χ0n) is 14.8. The number of aromatic nitrogens is 3. The van der Waals surface area contributed by atoms with Gasteiger partial charge in [0.1, 0.15) is 25.0 Å². The first-order valence-electron chi connectivity index (χ1n) is 8.71. The lowest BCUT2D eigenvalue weighted by Gasteiger charge is -2.31. The summed E-state index contributed by atoms with van der Waals surface area (Å²) in [6.07, 6.45) is 5.09. The van der Waals surface area contributed by atoms with Gasteiger partial charge in [0.2, 0.25) is 0 Å². The molecular weight excluding hydrogens is 318 g/mol. The maximum absolute atomic E-state index is 12.3. The summed E-state index contributed by atoms with van der Waals surface area (Å²) in [4.78, 5) is 18.1. The van der Waals surface area contributed by atoms with Gasteiger partial charge in [-0.15, -0.1) is 0 Å². The lowest BCUT2D eigenvalue weighted by atomic mass is 10.1. The van der Waals surface area contributed by atoms with Gasteiger partial charge in [-0.25, -0.2) is 14.5 Å². The minimum atomic E-state index is -0.0258. The van der Waals surface area contributed by atoms with Crippen LogP contribution in [0.1, 0.15) is 30.0 Å². The quantitative estimate of drug-likeness (QED) is 0.846. The Balaban J connectivity index is 1.39. The number of urea groups is 1. The molecule has 1 aliphatic heterocycles. The summed E-state index contributed by atoms with van der Waals surface area (Å²) in [6.45, 7) is 6.48. The first-order chi connectivity index (χ1) is 12.1. The van der Waals surface area contributed by atoms with Crippen LogP contribution in [0.4, 0.5) is 4.79 Å². The van der Waals surface area contributed by atoms with Crippen molar-refractivity contribution in [3.05, 3.63) is 42.0 Å². The normalized spacial score (nSPS) is 15.2. The highest BCUT2D eigenvalue weighted by atomic mass is 16.5. The Labute approximate surface area is 148 Å². The highest BCUT2D eigenvalue weighted by Crippen LogP contribution is 2.22. The van der Waals surface area contributed by atoms with Crippen molar-refractivity contribution in [2.24, 2.45) is 0 Å². The summed E-state index contributed by atoms with van der Waals surface area (Å²) in [5.41, 5.74) is 2.23. The molecule has 134 valence electrons. The second kappa shape index (κ2) is 8.00. The van der Waals surface area contributed by atoms with Crippen molar-refractivity contribution in [1.82, 2.24) is 25.0 Å². The number of benzene rings is 1. The van der Waals surface area contributed by atoms with Crippen LogP contribution in [0, 0.1) is 13.8 Å². The minimum Gasteiger partial charge on any atom is -0.491 e. The van der Waals surface area contributed by atoms with E-state index >= 15 is 0 Å². The van der Waals surface area contributed by atoms with Gasteiger partial charge in [-0.2, -0.15) is 5.10 Å². The van der Waals surface area contributed by atoms with E-state index in [0.29, 0.717) is 19.2 Å². The number of nitrogens with one attached hydrogen (secondary N) is 1. The number of piperidine rings is 1. The molecule has 7 heteroatoms. The van der Waals surface area contributed by atoms with Crippen LogP contribution in [0.25, 0.3) is 0 Å². The maximum Gasteiger partial charge on any atom is 0.317 e. The molecule has 7 nitrogen and oxygen atoms in total. The van der Waals surface area contributed by atoms with E-state index in [4.69, 9.17) is 4.74 Å². The standard InChI is InChI=1S/C18H25N5O2/c1-14-4-3-5-15(2)17(14)25-11-8-20-18(24)22-9-6-16(7-10-22)23-13-19-12-21-23/h3-5,12-13,16H,6-11H2,1-2H3,(H,20,24). The van der Waals surface area contributed by atoms with Gasteiger partial charge in [0, 0.05) is 13.1 Å². The number of carbonyl (C=O) groups is 1. The molecule has 0 aliphatic carbocycles. The predicted octanol–water partition coefficient (Wildman–Crippen LogP) is 2.32. The van der Waals surface area contributed by atoms with Crippen LogP contribution >= 0.6 is 0 Å². The number of ether oxygens (including phenoxy) is 1. The van der Waals surface area contributed by atoms with Crippen molar-refractivity contribution < 1.29 is 9.53 Å². The molecule has 1 aromatic carbocycles. The van der Waals surface area contributed by atoms with Crippen LogP contribution in [0.2, 0.25) is 0 Å². The van der Waals surface area contributed by atoms with Crippen LogP contribution in [-0.4, -0.2) is 51.9 Å². The number of nitrogens with zero attached hydrogens (tertiary/aromatic N) is 4. The molecule has 1 saturated heterocycles. The fourth-order valence-electron chi connectivity index (χ4n) is 3.19. The van der Waals surface area contributed by atoms with E-state index < -0.39 is 0 Å². The smallest absolute Gasteiger partial charge is 0.317 e. The van der Waals surface area contributed by atoms with Gasteiger partial charge in [-0.1, -0.05) is 18.2 Å². The number of rotatable bonds is 5. The summed E-state index contributed by atoms with van der Waals surface area (Å²) in [7, 11) is 0. The molecule has 1 fully saturated rings. The summed E-state index contributed by atoms with van der Waals surface area (Å²) in [5.74, 6) is 0.908. The summed E-state index contributed by atoms with van der Waals surface area (Å²) < 4.78 is 7.70. The van der Waals surface area contributed by atoms with Crippen LogP contribution in [0.15, 0.2) is 30.9 Å². The van der Waals surface area contributed by atoms with Crippen molar-refractivity contribution in [2.45, 2.75) is 32.7 Å². The molecule has 0 saturated carbocycles. The minimum absolute atomic E-state index is 0.0258. The molecule has 2 heterocycles. The van der Waals surface area contributed by atoms with Gasteiger partial charge < -0.3 is 15.0 Å². The lowest BCUT2D eigenvalue weighted by molar-refractivity contribution is 0.166. The number of hydrogen-bond acceptors (Lipinski definition) is 4. The monoisotopic (exact) mass is 343 g/mol. The molecule has 1 aromatic heterocycles. The van der Waals surface area contributed by atoms with Crippen LogP contribution < -0.4 is 10.1 Å². The fraction of sp³-hybridized carbons (Fsp3) is 0.500. The van der Waals surface area contributed by atoms with Crippen molar-refractivity contribution in [3.63, 3.8) is 0 Å². The van der Waals surface area contributed by atoms with E-state index in [2.05, 4.69) is 15.4 Å². The van der Waals surface area contributed by atoms with Crippen molar-refractivity contribution in [3.8, 4) is 5.75 Å². The summed E-state index contributed by atoms with van der Waals surface area (Å²) in [5, 5.41) is 7.12. The molecule has 1 N–H and O–H groups in total. The molecular formula is C18H25N5O2. The van der Waals surface area contributed by atoms with E-state index in [-0.39, 0.29) is 6.03 Å². The van der Waals surface area contributed by atoms with Gasteiger partial charge in [-0.05, 0) is 37.8 Å². The average molecular weight is 343 g/mol. The molecule has 1 aliphatic rings. The fourth-order valence-corrected chi connectivity index (χ4v) is 3.19. The van der Waals surface area contributed by atoms with Gasteiger partial charge >= 0.3 is 6.03 Å². The number of amides is 2. The molecule has 25 heavy (non-hydrogen) atoms. The van der Waals surface area contributed by atoms with E-state index in [1.807, 2.05) is 41.6 Å². The highest BCUT2D eigenvalue weighted by Gasteiger charge is 2.23. The highest BCUT2D eigenvalue weighted by molar-refractivity contribution is 5.74. The van der Waals surface area contributed by atoms with Crippen LogP contribution in [0.3, 0.4) is 0 Å². The van der Waals surface area contributed by atoms with Gasteiger partial charge in [-0.3, -0.25) is 0 Å². The number of carbonyl (C=O) groups excluding carboxylic acids is 1. The van der Waals surface area contributed by atoms with Gasteiger partial charge in [0.25, 0.3) is 0 Å². The Morgan fingerprint density at radius 3 is 2.64 bits per heavy atom. The Morgan fingerprint density at radius 1 is 1.28 bits per heavy atom. The van der Waals surface area contributed by atoms with Gasteiger partial charge in [0.05, 0.1) is 12.6 Å². The van der Waals surface area contributed by atoms with Crippen LogP contribution in [-0.2, 0) is 0 Å². The van der Waals surface area contributed by atoms with E-state index in [1.54, 1.807) is 12.7 Å². The van der Waals surface area contributed by atoms with Crippen molar-refractivity contribution >= 4 is 6.03 Å². The van der Waals surface area contributed by atoms with E-state index in [0.717, 1.165) is 42.8 Å². The number of likely N-dealkylation sites (tertiary alicyclic amines) is 1. The zero-order chi connectivity index (χ0) is 17.6. The third kappa shape index (κ3) is 4.29. The Bertz CT molecular complexity index is 673. The number of para-hydroxylation sites is 1. The first-order valence-corrected chi connectivity index (χ1v) is 8.71. The third-order valence-corrected chi connectivity index (χ3v) is 4.60. The second-order valence-corrected chi connectivity index (χ2v) is 6.40. The zero-order valence-corrected chi connectivity index (χ0v) is 14.8. The number of aryl methyl sites for hydroxylation is 2. The predicted molar refractivity (Wildman–Crippen MR) is 94.7 cm³/mol. The average Bonchev–Trinajstić information content (AvgIpc) is 3.15. The van der Waals surface area contributed by atoms with E-state index in [1.165, 1.54) is 0 Å². The Hall–Kier alpha value is -2.57. The Morgan fingerprint density at radius 2 is 2.00 bits per heavy atom. The molecule has 0 spiro atoms. The van der Waals surface area contributed by atoms with E-state index in [9.17, 15) is 4.79 Å². The molecule has 0 radical (unpaired) electrons. The Kier molecular flexibility index (Phi) is 5.53. The molecule has 2 amide bonds. The molecule has 0 bridgehead atoms. The largest absolute Gasteiger partial charge is 0.491 e. The number of hydrogen-bond donors (Lipinski definition) is 1. The first kappa shape index (κ1) is 17.3. The maximum atomic E-state index is 12.3. The molecule has 2 aromatic rings. The van der Waals surface area contributed by atoms with Crippen molar-refractivity contribution in [2.75, 3.05) is 26.2 Å². The third-order valence-electron chi connectivity index (χ3n) is 4.60. The topological polar surface area (TPSA) is 72.3 Å². The molecule has 0 atom stereocenters. The SMILES string of the molecule is Cc1cccc(C)c1OCCNC(=O)N1CCC(n2cncn2)CC1. The second-order valence-electron chi connectivity index (χ2n) is 6.40. The lowest BCUT2D eigenvalue weighted by Crippen LogP contribution is -2.45. The summed E-state index contributed by atoms with van der Waals surface area (Å²) in [6, 6.07) is 6.38. The summed E-state index contributed by atoms with van der Waals surface area (Å²) >= 11 is 0. The van der Waals surface area contributed by atoms with Crippen molar-refractivity contribution in [1.29, 1.82) is 0 Å². The van der Waals surface area contributed by atoms with Crippen LogP contribution in [0.5, 0.6) is 5.75 Å². The molecule has 3 rings (SSSR count). The van der Waals surface area contributed by atoms with Gasteiger partial charge in [0.15, 0.2) is 0 Å².